The Balaban J connectivity index is 0.00000625. The van der Waals surface area contributed by atoms with Gasteiger partial charge >= 0.3 is 5.97 Å². The smallest absolute Gasteiger partial charge is 0.310 e. The number of methoxy groups -OCH3 is 1. The van der Waals surface area contributed by atoms with Gasteiger partial charge in [0, 0.05) is 18.7 Å². The molecule has 0 aliphatic carbocycles. The van der Waals surface area contributed by atoms with Crippen LogP contribution in [-0.2, 0) is 16.1 Å². The van der Waals surface area contributed by atoms with E-state index in [0.29, 0.717) is 19.0 Å². The second-order valence-electron chi connectivity index (χ2n) is 6.28. The fourth-order valence-electron chi connectivity index (χ4n) is 2.20. The lowest BCUT2D eigenvalue weighted by molar-refractivity contribution is -0.144. The van der Waals surface area contributed by atoms with Crippen molar-refractivity contribution in [3.63, 3.8) is 0 Å². The number of hydrogen-bond acceptors (Lipinski definition) is 4. The second-order valence-corrected chi connectivity index (χ2v) is 6.28. The van der Waals surface area contributed by atoms with Crippen LogP contribution in [0.1, 0.15) is 38.8 Å². The molecule has 1 rings (SSSR count). The minimum absolute atomic E-state index is 0. The van der Waals surface area contributed by atoms with E-state index < -0.39 is 0 Å². The third-order valence-electron chi connectivity index (χ3n) is 3.52. The van der Waals surface area contributed by atoms with Crippen molar-refractivity contribution >= 4 is 35.9 Å². The number of halogens is 1. The normalized spacial score (nSPS) is 12.2. The molecule has 1 aromatic carbocycles. The number of guanidine groups is 1. The van der Waals surface area contributed by atoms with Gasteiger partial charge in [0.05, 0.1) is 25.7 Å². The maximum atomic E-state index is 11.5. The number of carbonyl (C=O) groups is 1. The molecule has 1 aromatic rings. The molecule has 0 heterocycles. The molecule has 0 saturated heterocycles. The van der Waals surface area contributed by atoms with E-state index in [1.165, 1.54) is 7.11 Å². The average Bonchev–Trinajstić information content (AvgIpc) is 2.57. The number of hydrogen-bond donors (Lipinski definition) is 2. The molecular formula is C19H32IN3O3. The highest BCUT2D eigenvalue weighted by Gasteiger charge is 2.13. The first-order chi connectivity index (χ1) is 11.9. The minimum atomic E-state index is -0.243. The molecule has 0 fully saturated rings. The van der Waals surface area contributed by atoms with Gasteiger partial charge in [-0.15, -0.1) is 24.0 Å². The highest BCUT2D eigenvalue weighted by Crippen LogP contribution is 2.22. The van der Waals surface area contributed by atoms with Crippen molar-refractivity contribution in [3.8, 4) is 5.75 Å². The maximum absolute atomic E-state index is 11.5. The second kappa shape index (κ2) is 12.8. The first-order valence-corrected chi connectivity index (χ1v) is 8.73. The van der Waals surface area contributed by atoms with Crippen molar-refractivity contribution in [1.82, 2.24) is 10.6 Å². The topological polar surface area (TPSA) is 72.0 Å². The Morgan fingerprint density at radius 3 is 2.50 bits per heavy atom. The van der Waals surface area contributed by atoms with Crippen LogP contribution in [0.4, 0.5) is 0 Å². The highest BCUT2D eigenvalue weighted by atomic mass is 127. The molecule has 0 saturated carbocycles. The van der Waals surface area contributed by atoms with Crippen LogP contribution in [0.2, 0.25) is 0 Å². The van der Waals surface area contributed by atoms with E-state index in [1.54, 1.807) is 0 Å². The molecule has 7 heteroatoms. The molecule has 0 aliphatic rings. The monoisotopic (exact) mass is 477 g/mol. The van der Waals surface area contributed by atoms with Crippen molar-refractivity contribution in [1.29, 1.82) is 0 Å². The summed E-state index contributed by atoms with van der Waals surface area (Å²) in [7, 11) is 1.39. The zero-order valence-electron chi connectivity index (χ0n) is 16.6. The SMILES string of the molecule is CCNC(=NCc1ccc(C)cc1OC(C)C)NCC(C)C(=O)OC.I. The lowest BCUT2D eigenvalue weighted by Gasteiger charge is -2.16. The molecule has 148 valence electrons. The third-order valence-corrected chi connectivity index (χ3v) is 3.52. The van der Waals surface area contributed by atoms with E-state index in [0.717, 1.165) is 23.4 Å². The van der Waals surface area contributed by atoms with E-state index in [1.807, 2.05) is 46.8 Å². The lowest BCUT2D eigenvalue weighted by Crippen LogP contribution is -2.40. The number of aliphatic imine (C=N–C) groups is 1. The van der Waals surface area contributed by atoms with E-state index >= 15 is 0 Å². The fraction of sp³-hybridized carbons (Fsp3) is 0.579. The number of aryl methyl sites for hydroxylation is 1. The molecular weight excluding hydrogens is 445 g/mol. The van der Waals surface area contributed by atoms with Gasteiger partial charge in [0.2, 0.25) is 0 Å². The van der Waals surface area contributed by atoms with Gasteiger partial charge in [-0.3, -0.25) is 4.79 Å². The summed E-state index contributed by atoms with van der Waals surface area (Å²) in [4.78, 5) is 16.1. The van der Waals surface area contributed by atoms with Crippen molar-refractivity contribution in [3.05, 3.63) is 29.3 Å². The van der Waals surface area contributed by atoms with Crippen LogP contribution >= 0.6 is 24.0 Å². The molecule has 0 aliphatic heterocycles. The quantitative estimate of drug-likeness (QED) is 0.260. The average molecular weight is 477 g/mol. The number of esters is 1. The van der Waals surface area contributed by atoms with E-state index in [4.69, 9.17) is 9.47 Å². The summed E-state index contributed by atoms with van der Waals surface area (Å²) < 4.78 is 10.6. The van der Waals surface area contributed by atoms with Gasteiger partial charge in [0.25, 0.3) is 0 Å². The molecule has 0 spiro atoms. The van der Waals surface area contributed by atoms with Crippen molar-refractivity contribution in [2.24, 2.45) is 10.9 Å². The Morgan fingerprint density at radius 2 is 1.92 bits per heavy atom. The van der Waals surface area contributed by atoms with Crippen LogP contribution in [0.3, 0.4) is 0 Å². The maximum Gasteiger partial charge on any atom is 0.310 e. The summed E-state index contributed by atoms with van der Waals surface area (Å²) in [5.74, 6) is 1.04. The van der Waals surface area contributed by atoms with Gasteiger partial charge < -0.3 is 20.1 Å². The van der Waals surface area contributed by atoms with Gasteiger partial charge in [-0.1, -0.05) is 19.1 Å². The van der Waals surface area contributed by atoms with Gasteiger partial charge in [-0.2, -0.15) is 0 Å². The lowest BCUT2D eigenvalue weighted by atomic mass is 10.1. The fourth-order valence-corrected chi connectivity index (χ4v) is 2.20. The van der Waals surface area contributed by atoms with Crippen molar-refractivity contribution < 1.29 is 14.3 Å². The van der Waals surface area contributed by atoms with Crippen LogP contribution < -0.4 is 15.4 Å². The molecule has 26 heavy (non-hydrogen) atoms. The summed E-state index contributed by atoms with van der Waals surface area (Å²) in [5, 5.41) is 6.36. The van der Waals surface area contributed by atoms with Crippen molar-refractivity contribution in [2.75, 3.05) is 20.2 Å². The Morgan fingerprint density at radius 1 is 1.23 bits per heavy atom. The Bertz CT molecular complexity index is 591. The molecule has 0 aromatic heterocycles. The molecule has 1 atom stereocenters. The number of rotatable bonds is 8. The summed E-state index contributed by atoms with van der Waals surface area (Å²) in [5.41, 5.74) is 2.18. The molecule has 2 N–H and O–H groups in total. The first-order valence-electron chi connectivity index (χ1n) is 8.73. The van der Waals surface area contributed by atoms with Crippen LogP contribution in [0, 0.1) is 12.8 Å². The van der Waals surface area contributed by atoms with Gasteiger partial charge in [0.15, 0.2) is 5.96 Å². The number of ether oxygens (including phenoxy) is 2. The molecule has 6 nitrogen and oxygen atoms in total. The third kappa shape index (κ3) is 8.73. The zero-order valence-corrected chi connectivity index (χ0v) is 18.9. The zero-order chi connectivity index (χ0) is 18.8. The molecule has 1 unspecified atom stereocenters. The minimum Gasteiger partial charge on any atom is -0.491 e. The Labute approximate surface area is 174 Å². The largest absolute Gasteiger partial charge is 0.491 e. The number of nitrogens with one attached hydrogen (secondary N) is 2. The summed E-state index contributed by atoms with van der Waals surface area (Å²) in [6, 6.07) is 6.12. The summed E-state index contributed by atoms with van der Waals surface area (Å²) in [6.45, 7) is 11.6. The molecule has 0 bridgehead atoms. The Hall–Kier alpha value is -1.51. The van der Waals surface area contributed by atoms with Crippen molar-refractivity contribution in [2.45, 2.75) is 47.3 Å². The Kier molecular flexibility index (Phi) is 12.0. The van der Waals surface area contributed by atoms with Crippen LogP contribution in [0.25, 0.3) is 0 Å². The number of carbonyl (C=O) groups excluding carboxylic acids is 1. The molecule has 0 amide bonds. The van der Waals surface area contributed by atoms with Crippen LogP contribution in [0.15, 0.2) is 23.2 Å². The van der Waals surface area contributed by atoms with E-state index in [-0.39, 0.29) is 42.0 Å². The standard InChI is InChI=1S/C19H31N3O3.HI/c1-7-20-19(21-11-15(5)18(23)24-6)22-12-16-9-8-14(4)10-17(16)25-13(2)3;/h8-10,13,15H,7,11-12H2,1-6H3,(H2,20,21,22);1H. The molecule has 0 radical (unpaired) electrons. The van der Waals surface area contributed by atoms with Gasteiger partial charge in [-0.25, -0.2) is 4.99 Å². The highest BCUT2D eigenvalue weighted by molar-refractivity contribution is 14.0. The van der Waals surface area contributed by atoms with Crippen LogP contribution in [0.5, 0.6) is 5.75 Å². The van der Waals surface area contributed by atoms with Gasteiger partial charge in [0.1, 0.15) is 5.75 Å². The number of benzene rings is 1. The predicted molar refractivity (Wildman–Crippen MR) is 116 cm³/mol. The van der Waals surface area contributed by atoms with E-state index in [2.05, 4.69) is 21.7 Å². The van der Waals surface area contributed by atoms with Gasteiger partial charge in [-0.05, 0) is 39.3 Å². The summed E-state index contributed by atoms with van der Waals surface area (Å²) >= 11 is 0. The summed E-state index contributed by atoms with van der Waals surface area (Å²) in [6.07, 6.45) is 0.108. The first kappa shape index (κ1) is 24.5. The van der Waals surface area contributed by atoms with E-state index in [9.17, 15) is 4.79 Å². The van der Waals surface area contributed by atoms with Crippen LogP contribution in [-0.4, -0.2) is 38.2 Å². The number of nitrogens with zero attached hydrogens (tertiary/aromatic N) is 1. The predicted octanol–water partition coefficient (Wildman–Crippen LogP) is 3.26.